The van der Waals surface area contributed by atoms with Gasteiger partial charge in [-0.15, -0.1) is 0 Å². The van der Waals surface area contributed by atoms with E-state index in [1.807, 2.05) is 31.1 Å². The summed E-state index contributed by atoms with van der Waals surface area (Å²) in [6, 6.07) is 8.21. The number of hydrogen-bond donors (Lipinski definition) is 2. The Morgan fingerprint density at radius 3 is 2.39 bits per heavy atom. The Labute approximate surface area is 109 Å². The quantitative estimate of drug-likeness (QED) is 0.750. The van der Waals surface area contributed by atoms with Gasteiger partial charge in [-0.05, 0) is 38.2 Å². The van der Waals surface area contributed by atoms with Crippen LogP contribution in [-0.4, -0.2) is 38.0 Å². The number of hydrogen-bond acceptors (Lipinski definition) is 3. The maximum atomic E-state index is 11.5. The van der Waals surface area contributed by atoms with Gasteiger partial charge in [0.15, 0.2) is 0 Å². The van der Waals surface area contributed by atoms with Crippen LogP contribution in [0.4, 0.5) is 0 Å². The molecule has 0 aromatic heterocycles. The van der Waals surface area contributed by atoms with E-state index in [1.54, 1.807) is 0 Å². The molecule has 0 fully saturated rings. The van der Waals surface area contributed by atoms with Gasteiger partial charge in [0.1, 0.15) is 0 Å². The Balaban J connectivity index is 2.32. The van der Waals surface area contributed by atoms with Crippen LogP contribution in [0.2, 0.25) is 0 Å². The maximum absolute atomic E-state index is 11.5. The lowest BCUT2D eigenvalue weighted by Crippen LogP contribution is -2.26. The van der Waals surface area contributed by atoms with Gasteiger partial charge >= 0.3 is 0 Å². The van der Waals surface area contributed by atoms with Crippen molar-refractivity contribution in [2.75, 3.05) is 27.2 Å². The van der Waals surface area contributed by atoms with Crippen LogP contribution in [0.5, 0.6) is 0 Å². The number of nitrogens with two attached hydrogens (primary N) is 1. The van der Waals surface area contributed by atoms with Crippen molar-refractivity contribution in [3.63, 3.8) is 0 Å². The third-order valence-corrected chi connectivity index (χ3v) is 2.73. The van der Waals surface area contributed by atoms with Crippen molar-refractivity contribution in [1.29, 1.82) is 0 Å². The van der Waals surface area contributed by atoms with Crippen molar-refractivity contribution in [3.05, 3.63) is 35.4 Å². The molecule has 100 valence electrons. The zero-order valence-corrected chi connectivity index (χ0v) is 11.3. The topological polar surface area (TPSA) is 58.4 Å². The van der Waals surface area contributed by atoms with E-state index < -0.39 is 0 Å². The molecule has 1 amide bonds. The molecule has 0 saturated heterocycles. The van der Waals surface area contributed by atoms with Gasteiger partial charge in [-0.1, -0.05) is 24.3 Å². The van der Waals surface area contributed by atoms with Crippen LogP contribution in [0.15, 0.2) is 24.3 Å². The highest BCUT2D eigenvalue weighted by Gasteiger charge is 2.02. The highest BCUT2D eigenvalue weighted by molar-refractivity contribution is 5.76. The van der Waals surface area contributed by atoms with Gasteiger partial charge in [0.2, 0.25) is 5.91 Å². The number of rotatable bonds is 7. The van der Waals surface area contributed by atoms with Crippen LogP contribution in [0, 0.1) is 0 Å². The summed E-state index contributed by atoms with van der Waals surface area (Å²) in [7, 11) is 3.92. The number of carbonyl (C=O) groups is 1. The fraction of sp³-hybridized carbons (Fsp3) is 0.500. The molecule has 1 rings (SSSR count). The van der Waals surface area contributed by atoms with E-state index in [-0.39, 0.29) is 5.91 Å². The Hall–Kier alpha value is -1.39. The molecular weight excluding hydrogens is 226 g/mol. The van der Waals surface area contributed by atoms with Crippen LogP contribution in [0.25, 0.3) is 0 Å². The van der Waals surface area contributed by atoms with Crippen molar-refractivity contribution < 1.29 is 4.79 Å². The molecule has 3 N–H and O–H groups in total. The molecule has 0 aliphatic heterocycles. The van der Waals surface area contributed by atoms with Gasteiger partial charge in [-0.3, -0.25) is 4.79 Å². The van der Waals surface area contributed by atoms with Crippen LogP contribution in [0.3, 0.4) is 0 Å². The SMILES string of the molecule is CN(C)CCC(=O)NCc1ccc(CCN)cc1. The molecule has 18 heavy (non-hydrogen) atoms. The molecular formula is C14H23N3O. The summed E-state index contributed by atoms with van der Waals surface area (Å²) in [6.45, 7) is 2.04. The van der Waals surface area contributed by atoms with Crippen LogP contribution < -0.4 is 11.1 Å². The Morgan fingerprint density at radius 1 is 1.22 bits per heavy atom. The molecule has 0 unspecified atom stereocenters. The van der Waals surface area contributed by atoms with E-state index in [9.17, 15) is 4.79 Å². The second kappa shape index (κ2) is 7.84. The lowest BCUT2D eigenvalue weighted by atomic mass is 10.1. The van der Waals surface area contributed by atoms with E-state index in [4.69, 9.17) is 5.73 Å². The summed E-state index contributed by atoms with van der Waals surface area (Å²) >= 11 is 0. The van der Waals surface area contributed by atoms with Crippen LogP contribution in [-0.2, 0) is 17.8 Å². The van der Waals surface area contributed by atoms with E-state index >= 15 is 0 Å². The predicted octanol–water partition coefficient (Wildman–Crippen LogP) is 0.756. The molecule has 0 bridgehead atoms. The molecule has 0 heterocycles. The zero-order valence-electron chi connectivity index (χ0n) is 11.3. The van der Waals surface area contributed by atoms with Crippen molar-refractivity contribution in [2.45, 2.75) is 19.4 Å². The smallest absolute Gasteiger partial charge is 0.221 e. The Kier molecular flexibility index (Phi) is 6.39. The minimum atomic E-state index is 0.0923. The monoisotopic (exact) mass is 249 g/mol. The van der Waals surface area contributed by atoms with Gasteiger partial charge < -0.3 is 16.0 Å². The average Bonchev–Trinajstić information content (AvgIpc) is 2.36. The first-order chi connectivity index (χ1) is 8.61. The summed E-state index contributed by atoms with van der Waals surface area (Å²) in [5.41, 5.74) is 7.85. The van der Waals surface area contributed by atoms with Crippen molar-refractivity contribution in [1.82, 2.24) is 10.2 Å². The number of benzene rings is 1. The summed E-state index contributed by atoms with van der Waals surface area (Å²) in [5.74, 6) is 0.0923. The molecule has 0 saturated carbocycles. The fourth-order valence-corrected chi connectivity index (χ4v) is 1.60. The minimum absolute atomic E-state index is 0.0923. The predicted molar refractivity (Wildman–Crippen MR) is 74.2 cm³/mol. The maximum Gasteiger partial charge on any atom is 0.221 e. The fourth-order valence-electron chi connectivity index (χ4n) is 1.60. The second-order valence-corrected chi connectivity index (χ2v) is 4.69. The summed E-state index contributed by atoms with van der Waals surface area (Å²) in [4.78, 5) is 13.5. The number of amides is 1. The molecule has 0 aliphatic carbocycles. The van der Waals surface area contributed by atoms with Crippen molar-refractivity contribution in [3.8, 4) is 0 Å². The van der Waals surface area contributed by atoms with Crippen molar-refractivity contribution in [2.24, 2.45) is 5.73 Å². The molecule has 0 spiro atoms. The molecule has 1 aromatic rings. The van der Waals surface area contributed by atoms with E-state index in [0.29, 0.717) is 19.5 Å². The van der Waals surface area contributed by atoms with Gasteiger partial charge in [-0.2, -0.15) is 0 Å². The van der Waals surface area contributed by atoms with Crippen LogP contribution >= 0.6 is 0 Å². The highest BCUT2D eigenvalue weighted by Crippen LogP contribution is 2.04. The summed E-state index contributed by atoms with van der Waals surface area (Å²) < 4.78 is 0. The molecule has 0 atom stereocenters. The first-order valence-corrected chi connectivity index (χ1v) is 6.31. The highest BCUT2D eigenvalue weighted by atomic mass is 16.1. The molecule has 0 radical (unpaired) electrons. The lowest BCUT2D eigenvalue weighted by molar-refractivity contribution is -0.121. The molecule has 4 nitrogen and oxygen atoms in total. The number of nitrogens with one attached hydrogen (secondary N) is 1. The number of carbonyl (C=O) groups excluding carboxylic acids is 1. The van der Waals surface area contributed by atoms with Gasteiger partial charge in [0.25, 0.3) is 0 Å². The first kappa shape index (κ1) is 14.7. The normalized spacial score (nSPS) is 10.7. The second-order valence-electron chi connectivity index (χ2n) is 4.69. The van der Waals surface area contributed by atoms with E-state index in [2.05, 4.69) is 17.4 Å². The molecule has 1 aromatic carbocycles. The zero-order chi connectivity index (χ0) is 13.4. The third kappa shape index (κ3) is 5.80. The van der Waals surface area contributed by atoms with Gasteiger partial charge in [-0.25, -0.2) is 0 Å². The van der Waals surface area contributed by atoms with Crippen LogP contribution in [0.1, 0.15) is 17.5 Å². The average molecular weight is 249 g/mol. The Morgan fingerprint density at radius 2 is 1.83 bits per heavy atom. The van der Waals surface area contributed by atoms with E-state index in [1.165, 1.54) is 5.56 Å². The largest absolute Gasteiger partial charge is 0.352 e. The Bertz CT molecular complexity index is 360. The third-order valence-electron chi connectivity index (χ3n) is 2.73. The molecule has 4 heteroatoms. The number of nitrogens with zero attached hydrogens (tertiary/aromatic N) is 1. The first-order valence-electron chi connectivity index (χ1n) is 6.31. The lowest BCUT2D eigenvalue weighted by Gasteiger charge is -2.10. The summed E-state index contributed by atoms with van der Waals surface area (Å²) in [6.07, 6.45) is 1.44. The van der Waals surface area contributed by atoms with Gasteiger partial charge in [0, 0.05) is 19.5 Å². The van der Waals surface area contributed by atoms with E-state index in [0.717, 1.165) is 18.5 Å². The standard InChI is InChI=1S/C14H23N3O/c1-17(2)10-8-14(18)16-11-13-5-3-12(4-6-13)7-9-15/h3-6H,7-11,15H2,1-2H3,(H,16,18). The van der Waals surface area contributed by atoms with Gasteiger partial charge in [0.05, 0.1) is 0 Å². The van der Waals surface area contributed by atoms with Crippen molar-refractivity contribution >= 4 is 5.91 Å². The summed E-state index contributed by atoms with van der Waals surface area (Å²) in [5, 5.41) is 2.92. The molecule has 0 aliphatic rings. The minimum Gasteiger partial charge on any atom is -0.352 e.